The van der Waals surface area contributed by atoms with Gasteiger partial charge in [0.1, 0.15) is 11.5 Å². The van der Waals surface area contributed by atoms with Crippen LogP contribution in [-0.4, -0.2) is 24.2 Å². The molecule has 24 heavy (non-hydrogen) atoms. The summed E-state index contributed by atoms with van der Waals surface area (Å²) < 4.78 is 10.5. The van der Waals surface area contributed by atoms with Crippen molar-refractivity contribution in [1.82, 2.24) is 9.97 Å². The Bertz CT molecular complexity index is 957. The van der Waals surface area contributed by atoms with Crippen molar-refractivity contribution in [3.8, 4) is 11.5 Å². The van der Waals surface area contributed by atoms with E-state index in [4.69, 9.17) is 21.1 Å². The first-order valence-corrected chi connectivity index (χ1v) is 7.58. The summed E-state index contributed by atoms with van der Waals surface area (Å²) in [6.07, 6.45) is 1.69. The predicted molar refractivity (Wildman–Crippen MR) is 95.6 cm³/mol. The number of hydrogen-bond acceptors (Lipinski definition) is 4. The fraction of sp³-hybridized carbons (Fsp3) is 0.111. The van der Waals surface area contributed by atoms with Crippen LogP contribution in [0.1, 0.15) is 11.4 Å². The number of para-hydroxylation sites is 1. The molecule has 0 amide bonds. The number of aromatic amines is 1. The molecule has 0 bridgehead atoms. The lowest BCUT2D eigenvalue weighted by atomic mass is 10.2. The first-order valence-electron chi connectivity index (χ1n) is 7.20. The van der Waals surface area contributed by atoms with Gasteiger partial charge >= 0.3 is 0 Å². The van der Waals surface area contributed by atoms with Gasteiger partial charge in [-0.05, 0) is 35.9 Å². The van der Waals surface area contributed by atoms with Gasteiger partial charge in [0.15, 0.2) is 5.82 Å². The normalized spacial score (nSPS) is 11.5. The van der Waals surface area contributed by atoms with Gasteiger partial charge in [-0.15, -0.1) is 0 Å². The predicted octanol–water partition coefficient (Wildman–Crippen LogP) is 3.68. The van der Waals surface area contributed by atoms with Crippen LogP contribution >= 0.6 is 11.6 Å². The number of halogens is 1. The van der Waals surface area contributed by atoms with Gasteiger partial charge in [0.05, 0.1) is 30.2 Å². The third-order valence-electron chi connectivity index (χ3n) is 3.51. The Kier molecular flexibility index (Phi) is 4.53. The number of hydrogen-bond donors (Lipinski definition) is 1. The zero-order chi connectivity index (χ0) is 17.1. The van der Waals surface area contributed by atoms with E-state index in [1.165, 1.54) is 0 Å². The van der Waals surface area contributed by atoms with Crippen LogP contribution in [0.15, 0.2) is 47.3 Å². The Morgan fingerprint density at radius 1 is 1.12 bits per heavy atom. The van der Waals surface area contributed by atoms with Crippen molar-refractivity contribution in [2.45, 2.75) is 0 Å². The third kappa shape index (κ3) is 3.26. The second-order valence-corrected chi connectivity index (χ2v) is 5.48. The zero-order valence-corrected chi connectivity index (χ0v) is 13.9. The van der Waals surface area contributed by atoms with Crippen LogP contribution in [0.3, 0.4) is 0 Å². The van der Waals surface area contributed by atoms with Crippen molar-refractivity contribution in [1.29, 1.82) is 0 Å². The van der Waals surface area contributed by atoms with Crippen LogP contribution in [0.2, 0.25) is 0 Å². The standard InChI is InChI=1S/C18H15ClN2O3/c1-23-12-7-11(8-13(10-12)24-2)9-15(19)17-20-16-6-4-3-5-14(16)18(22)21-17/h3-10H,1-2H3,(H,20,21,22). The van der Waals surface area contributed by atoms with Gasteiger partial charge in [-0.2, -0.15) is 0 Å². The molecule has 2 aromatic carbocycles. The molecular weight excluding hydrogens is 328 g/mol. The molecule has 6 heteroatoms. The molecule has 0 radical (unpaired) electrons. The van der Waals surface area contributed by atoms with E-state index in [1.807, 2.05) is 18.2 Å². The molecule has 0 aliphatic heterocycles. The monoisotopic (exact) mass is 342 g/mol. The summed E-state index contributed by atoms with van der Waals surface area (Å²) >= 11 is 6.35. The first-order chi connectivity index (χ1) is 11.6. The van der Waals surface area contributed by atoms with E-state index in [-0.39, 0.29) is 5.56 Å². The second kappa shape index (κ2) is 6.76. The minimum atomic E-state index is -0.231. The minimum absolute atomic E-state index is 0.231. The van der Waals surface area contributed by atoms with Crippen molar-refractivity contribution in [3.05, 3.63) is 64.2 Å². The van der Waals surface area contributed by atoms with Gasteiger partial charge in [-0.3, -0.25) is 4.79 Å². The molecule has 3 rings (SSSR count). The maximum Gasteiger partial charge on any atom is 0.259 e. The number of benzene rings is 2. The molecule has 122 valence electrons. The molecule has 5 nitrogen and oxygen atoms in total. The van der Waals surface area contributed by atoms with Crippen LogP contribution in [0.4, 0.5) is 0 Å². The summed E-state index contributed by atoms with van der Waals surface area (Å²) in [6, 6.07) is 12.5. The van der Waals surface area contributed by atoms with Gasteiger partial charge in [0.25, 0.3) is 5.56 Å². The average Bonchev–Trinajstić information content (AvgIpc) is 2.61. The number of fused-ring (bicyclic) bond motifs is 1. The number of rotatable bonds is 4. The molecule has 0 atom stereocenters. The van der Waals surface area contributed by atoms with E-state index >= 15 is 0 Å². The van der Waals surface area contributed by atoms with Crippen LogP contribution in [0.5, 0.6) is 11.5 Å². The number of nitrogens with one attached hydrogen (secondary N) is 1. The van der Waals surface area contributed by atoms with Gasteiger partial charge in [0.2, 0.25) is 0 Å². The quantitative estimate of drug-likeness (QED) is 0.785. The molecular formula is C18H15ClN2O3. The molecule has 0 saturated heterocycles. The fourth-order valence-corrected chi connectivity index (χ4v) is 2.54. The molecule has 0 aliphatic rings. The van der Waals surface area contributed by atoms with E-state index in [2.05, 4.69) is 9.97 Å². The molecule has 0 saturated carbocycles. The van der Waals surface area contributed by atoms with Crippen LogP contribution in [0, 0.1) is 0 Å². The Hall–Kier alpha value is -2.79. The smallest absolute Gasteiger partial charge is 0.259 e. The molecule has 0 spiro atoms. The van der Waals surface area contributed by atoms with Crippen molar-refractivity contribution < 1.29 is 9.47 Å². The Labute approximate surface area is 143 Å². The van der Waals surface area contributed by atoms with Gasteiger partial charge in [-0.25, -0.2) is 4.98 Å². The van der Waals surface area contributed by atoms with E-state index in [0.29, 0.717) is 33.3 Å². The lowest BCUT2D eigenvalue weighted by Crippen LogP contribution is -2.10. The van der Waals surface area contributed by atoms with Crippen molar-refractivity contribution in [2.75, 3.05) is 14.2 Å². The maximum absolute atomic E-state index is 12.1. The molecule has 3 aromatic rings. The summed E-state index contributed by atoms with van der Waals surface area (Å²) in [7, 11) is 3.15. The summed E-state index contributed by atoms with van der Waals surface area (Å²) in [5.74, 6) is 1.59. The van der Waals surface area contributed by atoms with Gasteiger partial charge < -0.3 is 14.5 Å². The summed E-state index contributed by atoms with van der Waals surface area (Å²) in [5.41, 5.74) is 1.13. The summed E-state index contributed by atoms with van der Waals surface area (Å²) in [5, 5.41) is 0.835. The highest BCUT2D eigenvalue weighted by Crippen LogP contribution is 2.26. The van der Waals surface area contributed by atoms with Gasteiger partial charge in [0, 0.05) is 6.07 Å². The Balaban J connectivity index is 2.07. The highest BCUT2D eigenvalue weighted by atomic mass is 35.5. The summed E-state index contributed by atoms with van der Waals surface area (Å²) in [6.45, 7) is 0. The van der Waals surface area contributed by atoms with E-state index in [9.17, 15) is 4.79 Å². The number of aromatic nitrogens is 2. The lowest BCUT2D eigenvalue weighted by Gasteiger charge is -2.07. The lowest BCUT2D eigenvalue weighted by molar-refractivity contribution is 0.394. The van der Waals surface area contributed by atoms with Crippen LogP contribution in [0.25, 0.3) is 22.0 Å². The number of methoxy groups -OCH3 is 2. The highest BCUT2D eigenvalue weighted by Gasteiger charge is 2.07. The largest absolute Gasteiger partial charge is 0.497 e. The van der Waals surface area contributed by atoms with E-state index < -0.39 is 0 Å². The molecule has 0 fully saturated rings. The third-order valence-corrected chi connectivity index (χ3v) is 3.79. The van der Waals surface area contributed by atoms with Crippen molar-refractivity contribution in [2.24, 2.45) is 0 Å². The average molecular weight is 343 g/mol. The molecule has 1 heterocycles. The van der Waals surface area contributed by atoms with Gasteiger partial charge in [-0.1, -0.05) is 23.7 Å². The molecule has 0 unspecified atom stereocenters. The molecule has 1 N–H and O–H groups in total. The Morgan fingerprint density at radius 2 is 1.79 bits per heavy atom. The molecule has 1 aromatic heterocycles. The van der Waals surface area contributed by atoms with Crippen molar-refractivity contribution in [3.63, 3.8) is 0 Å². The first kappa shape index (κ1) is 16.1. The number of nitrogens with zero attached hydrogens (tertiary/aromatic N) is 1. The minimum Gasteiger partial charge on any atom is -0.497 e. The van der Waals surface area contributed by atoms with Crippen LogP contribution in [-0.2, 0) is 0 Å². The van der Waals surface area contributed by atoms with E-state index in [1.54, 1.807) is 44.6 Å². The second-order valence-electron chi connectivity index (χ2n) is 5.07. The zero-order valence-electron chi connectivity index (χ0n) is 13.2. The molecule has 0 aliphatic carbocycles. The fourth-order valence-electron chi connectivity index (χ4n) is 2.33. The van der Waals surface area contributed by atoms with E-state index in [0.717, 1.165) is 5.56 Å². The van der Waals surface area contributed by atoms with Crippen LogP contribution < -0.4 is 15.0 Å². The topological polar surface area (TPSA) is 64.2 Å². The number of H-pyrrole nitrogens is 1. The maximum atomic E-state index is 12.1. The summed E-state index contributed by atoms with van der Waals surface area (Å²) in [4.78, 5) is 19.2. The SMILES string of the molecule is COc1cc(C=C(Cl)c2nc3ccccc3c(=O)[nH]2)cc(OC)c1. The Morgan fingerprint density at radius 3 is 2.46 bits per heavy atom. The number of ether oxygens (including phenoxy) is 2. The highest BCUT2D eigenvalue weighted by molar-refractivity contribution is 6.50. The van der Waals surface area contributed by atoms with Crippen molar-refractivity contribution >= 4 is 33.6 Å².